The number of aromatic nitrogens is 3. The molecule has 0 aliphatic rings. The quantitative estimate of drug-likeness (QED) is 0.687. The normalized spacial score (nSPS) is 11.4. The van der Waals surface area contributed by atoms with E-state index in [1.54, 1.807) is 0 Å². The lowest BCUT2D eigenvalue weighted by atomic mass is 10.6. The van der Waals surface area contributed by atoms with Gasteiger partial charge in [0.1, 0.15) is 5.82 Å². The second kappa shape index (κ2) is 3.62. The molecular weight excluding hydrogens is 205 g/mol. The molecule has 1 rings (SSSR count). The summed E-state index contributed by atoms with van der Waals surface area (Å²) >= 11 is 0. The summed E-state index contributed by atoms with van der Waals surface area (Å²) < 4.78 is 34.4. The summed E-state index contributed by atoms with van der Waals surface area (Å²) in [5, 5.41) is 5.61. The summed E-state index contributed by atoms with van der Waals surface area (Å²) in [5.74, 6) is -1.29. The van der Waals surface area contributed by atoms with E-state index >= 15 is 0 Å². The van der Waals surface area contributed by atoms with Crippen molar-refractivity contribution in [2.75, 3.05) is 0 Å². The molecule has 0 unspecified atom stereocenters. The smallest absolute Gasteiger partial charge is 0.263 e. The molecule has 0 bridgehead atoms. The summed E-state index contributed by atoms with van der Waals surface area (Å²) in [7, 11) is 0. The third-order valence-corrected chi connectivity index (χ3v) is 1.06. The molecule has 0 radical (unpaired) electrons. The lowest BCUT2D eigenvalue weighted by Gasteiger charge is -2.05. The fourth-order valence-corrected chi connectivity index (χ4v) is 0.594. The minimum absolute atomic E-state index is 0.308. The maximum absolute atomic E-state index is 11.5. The number of amides is 1. The standard InChI is InChI=1S/C5H5F3N4O2/c1-2-9-3(11-10-2)4(13)12-14-5(6,7)8/h1H3,(H,12,13)(H,9,10,11). The second-order valence-corrected chi connectivity index (χ2v) is 2.22. The Morgan fingerprint density at radius 1 is 1.57 bits per heavy atom. The summed E-state index contributed by atoms with van der Waals surface area (Å²) in [6.07, 6.45) is -4.93. The zero-order valence-electron chi connectivity index (χ0n) is 6.84. The molecule has 1 amide bonds. The van der Waals surface area contributed by atoms with E-state index in [2.05, 4.69) is 20.0 Å². The molecule has 0 saturated carbocycles. The Bertz CT molecular complexity index is 334. The third-order valence-electron chi connectivity index (χ3n) is 1.06. The van der Waals surface area contributed by atoms with Gasteiger partial charge in [-0.1, -0.05) is 0 Å². The van der Waals surface area contributed by atoms with Gasteiger partial charge < -0.3 is 0 Å². The van der Waals surface area contributed by atoms with E-state index in [1.807, 2.05) is 0 Å². The zero-order valence-corrected chi connectivity index (χ0v) is 6.84. The van der Waals surface area contributed by atoms with E-state index in [0.717, 1.165) is 5.48 Å². The molecule has 0 atom stereocenters. The van der Waals surface area contributed by atoms with Crippen LogP contribution in [0, 0.1) is 6.92 Å². The number of hydroxylamine groups is 1. The number of alkyl halides is 3. The number of nitrogens with zero attached hydrogens (tertiary/aromatic N) is 2. The van der Waals surface area contributed by atoms with Gasteiger partial charge in [-0.3, -0.25) is 9.89 Å². The van der Waals surface area contributed by atoms with Crippen LogP contribution in [0.15, 0.2) is 0 Å². The number of carbonyl (C=O) groups is 1. The van der Waals surface area contributed by atoms with Crippen molar-refractivity contribution in [2.45, 2.75) is 13.3 Å². The molecule has 1 aromatic heterocycles. The largest absolute Gasteiger partial charge is 0.543 e. The van der Waals surface area contributed by atoms with Crippen LogP contribution in [0.4, 0.5) is 13.2 Å². The summed E-state index contributed by atoms with van der Waals surface area (Å²) in [6, 6.07) is 0. The van der Waals surface area contributed by atoms with Crippen LogP contribution in [0.3, 0.4) is 0 Å². The van der Waals surface area contributed by atoms with Crippen LogP contribution >= 0.6 is 0 Å². The third kappa shape index (κ3) is 3.01. The summed E-state index contributed by atoms with van der Waals surface area (Å²) in [4.78, 5) is 17.4. The van der Waals surface area contributed by atoms with Crippen molar-refractivity contribution in [1.29, 1.82) is 0 Å². The number of rotatable bonds is 2. The van der Waals surface area contributed by atoms with Crippen molar-refractivity contribution in [3.63, 3.8) is 0 Å². The highest BCUT2D eigenvalue weighted by Gasteiger charge is 2.31. The minimum atomic E-state index is -4.93. The van der Waals surface area contributed by atoms with Crippen molar-refractivity contribution in [3.8, 4) is 0 Å². The first-order chi connectivity index (χ1) is 6.38. The van der Waals surface area contributed by atoms with Gasteiger partial charge in [-0.15, -0.1) is 18.3 Å². The molecule has 0 aliphatic heterocycles. The number of hydrogen-bond acceptors (Lipinski definition) is 4. The van der Waals surface area contributed by atoms with Crippen LogP contribution < -0.4 is 5.48 Å². The average Bonchev–Trinajstić information content (AvgIpc) is 2.46. The van der Waals surface area contributed by atoms with E-state index in [-0.39, 0.29) is 0 Å². The van der Waals surface area contributed by atoms with Gasteiger partial charge in [0.25, 0.3) is 0 Å². The number of halogens is 3. The lowest BCUT2D eigenvalue weighted by molar-refractivity contribution is -0.343. The van der Waals surface area contributed by atoms with E-state index < -0.39 is 18.1 Å². The van der Waals surface area contributed by atoms with Crippen LogP contribution in [0.2, 0.25) is 0 Å². The van der Waals surface area contributed by atoms with Gasteiger partial charge in [0, 0.05) is 0 Å². The van der Waals surface area contributed by atoms with Crippen molar-refractivity contribution in [1.82, 2.24) is 20.7 Å². The maximum atomic E-state index is 11.5. The highest BCUT2D eigenvalue weighted by atomic mass is 19.4. The molecule has 2 N–H and O–H groups in total. The Hall–Kier alpha value is -1.64. The topological polar surface area (TPSA) is 79.9 Å². The predicted octanol–water partition coefficient (Wildman–Crippen LogP) is 0.294. The zero-order chi connectivity index (χ0) is 10.8. The van der Waals surface area contributed by atoms with E-state index in [0.29, 0.717) is 5.82 Å². The van der Waals surface area contributed by atoms with Crippen molar-refractivity contribution in [3.05, 3.63) is 11.6 Å². The SMILES string of the molecule is Cc1nc(C(=O)NOC(F)(F)F)n[nH]1. The molecule has 0 aliphatic carbocycles. The molecule has 1 aromatic rings. The van der Waals surface area contributed by atoms with Crippen molar-refractivity contribution in [2.24, 2.45) is 0 Å². The summed E-state index contributed by atoms with van der Waals surface area (Å²) in [6.45, 7) is 1.49. The Balaban J connectivity index is 2.52. The molecule has 0 aromatic carbocycles. The Kier molecular flexibility index (Phi) is 2.70. The summed E-state index contributed by atoms with van der Waals surface area (Å²) in [5.41, 5.74) is 1.14. The molecule has 0 saturated heterocycles. The lowest BCUT2D eigenvalue weighted by Crippen LogP contribution is -2.31. The van der Waals surface area contributed by atoms with Gasteiger partial charge in [-0.05, 0) is 6.92 Å². The van der Waals surface area contributed by atoms with Gasteiger partial charge in [0.05, 0.1) is 0 Å². The van der Waals surface area contributed by atoms with Crippen molar-refractivity contribution < 1.29 is 22.8 Å². The van der Waals surface area contributed by atoms with Crippen LogP contribution in [0.1, 0.15) is 16.4 Å². The van der Waals surface area contributed by atoms with Gasteiger partial charge in [-0.2, -0.15) is 4.84 Å². The highest BCUT2D eigenvalue weighted by molar-refractivity contribution is 5.89. The fraction of sp³-hybridized carbons (Fsp3) is 0.400. The highest BCUT2D eigenvalue weighted by Crippen LogP contribution is 2.13. The Morgan fingerprint density at radius 3 is 2.64 bits per heavy atom. The predicted molar refractivity (Wildman–Crippen MR) is 35.7 cm³/mol. The number of aromatic amines is 1. The van der Waals surface area contributed by atoms with Crippen LogP contribution in [-0.2, 0) is 4.84 Å². The second-order valence-electron chi connectivity index (χ2n) is 2.22. The number of hydrogen-bond donors (Lipinski definition) is 2. The number of aryl methyl sites for hydroxylation is 1. The molecule has 0 spiro atoms. The van der Waals surface area contributed by atoms with E-state index in [9.17, 15) is 18.0 Å². The first kappa shape index (κ1) is 10.4. The van der Waals surface area contributed by atoms with Gasteiger partial charge in [-0.25, -0.2) is 10.5 Å². The maximum Gasteiger partial charge on any atom is 0.543 e. The van der Waals surface area contributed by atoms with Crippen molar-refractivity contribution >= 4 is 5.91 Å². The molecule has 78 valence electrons. The fourth-order valence-electron chi connectivity index (χ4n) is 0.594. The molecule has 14 heavy (non-hydrogen) atoms. The van der Waals surface area contributed by atoms with Gasteiger partial charge in [0.15, 0.2) is 0 Å². The average molecular weight is 210 g/mol. The van der Waals surface area contributed by atoms with Crippen LogP contribution in [0.5, 0.6) is 0 Å². The first-order valence-corrected chi connectivity index (χ1v) is 3.32. The number of carbonyl (C=O) groups excluding carboxylic acids is 1. The van der Waals surface area contributed by atoms with Gasteiger partial charge in [0.2, 0.25) is 5.82 Å². The monoisotopic (exact) mass is 210 g/mol. The first-order valence-electron chi connectivity index (χ1n) is 3.32. The molecular formula is C5H5F3N4O2. The van der Waals surface area contributed by atoms with E-state index in [1.165, 1.54) is 6.92 Å². The molecule has 0 fully saturated rings. The molecule has 1 heterocycles. The van der Waals surface area contributed by atoms with Crippen LogP contribution in [0.25, 0.3) is 0 Å². The Labute approximate surface area is 75.4 Å². The number of nitrogens with one attached hydrogen (secondary N) is 2. The minimum Gasteiger partial charge on any atom is -0.263 e. The van der Waals surface area contributed by atoms with E-state index in [4.69, 9.17) is 0 Å². The number of H-pyrrole nitrogens is 1. The molecule has 9 heteroatoms. The van der Waals surface area contributed by atoms with Gasteiger partial charge >= 0.3 is 12.3 Å². The van der Waals surface area contributed by atoms with Crippen LogP contribution in [-0.4, -0.2) is 27.5 Å². The molecule has 6 nitrogen and oxygen atoms in total. The Morgan fingerprint density at radius 2 is 2.21 bits per heavy atom.